The summed E-state index contributed by atoms with van der Waals surface area (Å²) in [7, 11) is 1.35. The number of ether oxygens (including phenoxy) is 1. The SMILES string of the molecule is COC(=O)CCCNC(=O)CCc1ccc(C#N)cc1. The number of nitriles is 1. The fourth-order valence-corrected chi connectivity index (χ4v) is 1.65. The number of aryl methyl sites for hydroxylation is 1. The third kappa shape index (κ3) is 6.01. The lowest BCUT2D eigenvalue weighted by molar-refractivity contribution is -0.140. The zero-order valence-electron chi connectivity index (χ0n) is 11.5. The van der Waals surface area contributed by atoms with Crippen molar-refractivity contribution in [2.75, 3.05) is 13.7 Å². The van der Waals surface area contributed by atoms with Gasteiger partial charge in [0.1, 0.15) is 0 Å². The van der Waals surface area contributed by atoms with Crippen molar-refractivity contribution in [2.45, 2.75) is 25.7 Å². The molecule has 0 unspecified atom stereocenters. The molecule has 0 saturated carbocycles. The van der Waals surface area contributed by atoms with E-state index >= 15 is 0 Å². The number of esters is 1. The van der Waals surface area contributed by atoms with Crippen LogP contribution in [0.1, 0.15) is 30.4 Å². The van der Waals surface area contributed by atoms with Gasteiger partial charge in [-0.1, -0.05) is 12.1 Å². The van der Waals surface area contributed by atoms with E-state index in [9.17, 15) is 9.59 Å². The van der Waals surface area contributed by atoms with Gasteiger partial charge in [-0.25, -0.2) is 0 Å². The van der Waals surface area contributed by atoms with Gasteiger partial charge in [-0.3, -0.25) is 9.59 Å². The molecule has 1 N–H and O–H groups in total. The quantitative estimate of drug-likeness (QED) is 0.604. The summed E-state index contributed by atoms with van der Waals surface area (Å²) in [6, 6.07) is 9.23. The number of hydrogen-bond donors (Lipinski definition) is 1. The molecule has 0 atom stereocenters. The van der Waals surface area contributed by atoms with E-state index in [1.807, 2.05) is 12.1 Å². The van der Waals surface area contributed by atoms with Crippen LogP contribution in [0.3, 0.4) is 0 Å². The minimum absolute atomic E-state index is 0.0424. The number of rotatable bonds is 7. The predicted molar refractivity (Wildman–Crippen MR) is 73.7 cm³/mol. The van der Waals surface area contributed by atoms with Gasteiger partial charge in [0.25, 0.3) is 0 Å². The molecule has 0 radical (unpaired) electrons. The van der Waals surface area contributed by atoms with Crippen molar-refractivity contribution in [1.29, 1.82) is 5.26 Å². The van der Waals surface area contributed by atoms with E-state index in [-0.39, 0.29) is 11.9 Å². The van der Waals surface area contributed by atoms with E-state index < -0.39 is 0 Å². The normalized spacial score (nSPS) is 9.60. The van der Waals surface area contributed by atoms with Gasteiger partial charge in [0, 0.05) is 19.4 Å². The van der Waals surface area contributed by atoms with E-state index in [1.165, 1.54) is 7.11 Å². The topological polar surface area (TPSA) is 79.2 Å². The predicted octanol–water partition coefficient (Wildman–Crippen LogP) is 1.56. The van der Waals surface area contributed by atoms with Crippen LogP contribution in [-0.2, 0) is 20.7 Å². The Morgan fingerprint density at radius 2 is 1.95 bits per heavy atom. The van der Waals surface area contributed by atoms with E-state index in [4.69, 9.17) is 5.26 Å². The largest absolute Gasteiger partial charge is 0.469 e. The molecular weight excluding hydrogens is 256 g/mol. The maximum Gasteiger partial charge on any atom is 0.305 e. The maximum atomic E-state index is 11.6. The second kappa shape index (κ2) is 8.70. The van der Waals surface area contributed by atoms with Crippen molar-refractivity contribution in [3.63, 3.8) is 0 Å². The maximum absolute atomic E-state index is 11.6. The first-order valence-corrected chi connectivity index (χ1v) is 6.48. The van der Waals surface area contributed by atoms with Gasteiger partial charge in [-0.15, -0.1) is 0 Å². The first-order chi connectivity index (χ1) is 9.65. The first kappa shape index (κ1) is 15.7. The van der Waals surface area contributed by atoms with Gasteiger partial charge in [0.2, 0.25) is 5.91 Å². The van der Waals surface area contributed by atoms with Crippen LogP contribution in [0.25, 0.3) is 0 Å². The summed E-state index contributed by atoms with van der Waals surface area (Å²) < 4.78 is 4.51. The van der Waals surface area contributed by atoms with E-state index in [0.717, 1.165) is 5.56 Å². The molecule has 1 amide bonds. The Morgan fingerprint density at radius 1 is 1.25 bits per heavy atom. The minimum Gasteiger partial charge on any atom is -0.469 e. The number of nitrogens with zero attached hydrogens (tertiary/aromatic N) is 1. The molecule has 106 valence electrons. The van der Waals surface area contributed by atoms with Crippen LogP contribution < -0.4 is 5.32 Å². The van der Waals surface area contributed by atoms with Gasteiger partial charge in [-0.2, -0.15) is 5.26 Å². The van der Waals surface area contributed by atoms with Crippen LogP contribution >= 0.6 is 0 Å². The molecule has 0 aromatic heterocycles. The number of amides is 1. The number of nitrogens with one attached hydrogen (secondary N) is 1. The van der Waals surface area contributed by atoms with Crippen molar-refractivity contribution in [2.24, 2.45) is 0 Å². The number of methoxy groups -OCH3 is 1. The highest BCUT2D eigenvalue weighted by molar-refractivity contribution is 5.76. The highest BCUT2D eigenvalue weighted by Crippen LogP contribution is 2.05. The van der Waals surface area contributed by atoms with Gasteiger partial charge in [-0.05, 0) is 30.5 Å². The van der Waals surface area contributed by atoms with Gasteiger partial charge in [0.05, 0.1) is 18.7 Å². The van der Waals surface area contributed by atoms with Crippen LogP contribution in [0, 0.1) is 11.3 Å². The zero-order chi connectivity index (χ0) is 14.8. The number of carbonyl (C=O) groups excluding carboxylic acids is 2. The molecule has 5 heteroatoms. The van der Waals surface area contributed by atoms with E-state index in [2.05, 4.69) is 16.1 Å². The molecule has 1 aromatic carbocycles. The molecule has 1 aromatic rings. The average molecular weight is 274 g/mol. The smallest absolute Gasteiger partial charge is 0.305 e. The Bertz CT molecular complexity index is 489. The van der Waals surface area contributed by atoms with Crippen LogP contribution in [0.2, 0.25) is 0 Å². The lowest BCUT2D eigenvalue weighted by atomic mass is 10.1. The zero-order valence-corrected chi connectivity index (χ0v) is 11.5. The molecular formula is C15H18N2O3. The van der Waals surface area contributed by atoms with E-state index in [0.29, 0.717) is 37.8 Å². The van der Waals surface area contributed by atoms with Crippen LogP contribution in [0.5, 0.6) is 0 Å². The summed E-state index contributed by atoms with van der Waals surface area (Å²) in [4.78, 5) is 22.4. The Morgan fingerprint density at radius 3 is 2.55 bits per heavy atom. The van der Waals surface area contributed by atoms with Crippen molar-refractivity contribution in [1.82, 2.24) is 5.32 Å². The fraction of sp³-hybridized carbons (Fsp3) is 0.400. The monoisotopic (exact) mass is 274 g/mol. The van der Waals surface area contributed by atoms with Crippen molar-refractivity contribution < 1.29 is 14.3 Å². The number of benzene rings is 1. The Labute approximate surface area is 118 Å². The molecule has 0 fully saturated rings. The molecule has 0 spiro atoms. The standard InChI is InChI=1S/C15H18N2O3/c1-20-15(19)3-2-10-17-14(18)9-8-12-4-6-13(11-16)7-5-12/h4-7H,2-3,8-10H2,1H3,(H,17,18). The highest BCUT2D eigenvalue weighted by atomic mass is 16.5. The summed E-state index contributed by atoms with van der Waals surface area (Å²) in [5.41, 5.74) is 1.63. The summed E-state index contributed by atoms with van der Waals surface area (Å²) >= 11 is 0. The lowest BCUT2D eigenvalue weighted by Gasteiger charge is -2.05. The Balaban J connectivity index is 2.19. The van der Waals surface area contributed by atoms with Crippen molar-refractivity contribution in [3.05, 3.63) is 35.4 Å². The molecule has 0 saturated heterocycles. The molecule has 5 nitrogen and oxygen atoms in total. The van der Waals surface area contributed by atoms with Crippen LogP contribution in [0.15, 0.2) is 24.3 Å². The third-order valence-electron chi connectivity index (χ3n) is 2.83. The second-order valence-corrected chi connectivity index (χ2v) is 4.34. The second-order valence-electron chi connectivity index (χ2n) is 4.34. The Hall–Kier alpha value is -2.35. The van der Waals surface area contributed by atoms with Gasteiger partial charge >= 0.3 is 5.97 Å². The first-order valence-electron chi connectivity index (χ1n) is 6.48. The van der Waals surface area contributed by atoms with Crippen molar-refractivity contribution >= 4 is 11.9 Å². The fourth-order valence-electron chi connectivity index (χ4n) is 1.65. The summed E-state index contributed by atoms with van der Waals surface area (Å²) in [5, 5.41) is 11.4. The van der Waals surface area contributed by atoms with E-state index in [1.54, 1.807) is 12.1 Å². The molecule has 0 aliphatic carbocycles. The Kier molecular flexibility index (Phi) is 6.83. The van der Waals surface area contributed by atoms with Gasteiger partial charge < -0.3 is 10.1 Å². The highest BCUT2D eigenvalue weighted by Gasteiger charge is 2.03. The number of hydrogen-bond acceptors (Lipinski definition) is 4. The molecule has 0 heterocycles. The summed E-state index contributed by atoms with van der Waals surface area (Å²) in [6.07, 6.45) is 1.92. The van der Waals surface area contributed by atoms with Crippen LogP contribution in [0.4, 0.5) is 0 Å². The van der Waals surface area contributed by atoms with Crippen molar-refractivity contribution in [3.8, 4) is 6.07 Å². The molecule has 0 aliphatic rings. The molecule has 1 rings (SSSR count). The minimum atomic E-state index is -0.267. The molecule has 20 heavy (non-hydrogen) atoms. The molecule has 0 bridgehead atoms. The van der Waals surface area contributed by atoms with Crippen LogP contribution in [-0.4, -0.2) is 25.5 Å². The lowest BCUT2D eigenvalue weighted by Crippen LogP contribution is -2.25. The van der Waals surface area contributed by atoms with Gasteiger partial charge in [0.15, 0.2) is 0 Å². The third-order valence-corrected chi connectivity index (χ3v) is 2.83. The number of carbonyl (C=O) groups is 2. The average Bonchev–Trinajstić information content (AvgIpc) is 2.49. The molecule has 0 aliphatic heterocycles. The summed E-state index contributed by atoms with van der Waals surface area (Å²) in [6.45, 7) is 0.474. The summed E-state index contributed by atoms with van der Waals surface area (Å²) in [5.74, 6) is -0.309.